The fourth-order valence-electron chi connectivity index (χ4n) is 5.01. The number of aliphatic hydroxyl groups excluding tert-OH is 2. The Hall–Kier alpha value is -3.01. The Labute approximate surface area is 332 Å². The van der Waals surface area contributed by atoms with E-state index in [0.29, 0.717) is 0 Å². The highest BCUT2D eigenvalue weighted by Gasteiger charge is 2.47. The van der Waals surface area contributed by atoms with Gasteiger partial charge >= 0.3 is 0 Å². The summed E-state index contributed by atoms with van der Waals surface area (Å²) in [5.74, 6) is -3.21. The van der Waals surface area contributed by atoms with Crippen molar-refractivity contribution in [2.75, 3.05) is 37.8 Å². The van der Waals surface area contributed by atoms with Gasteiger partial charge < -0.3 is 84.0 Å². The van der Waals surface area contributed by atoms with Crippen LogP contribution in [0, 0.1) is 5.41 Å². The van der Waals surface area contributed by atoms with Crippen LogP contribution in [0.2, 0.25) is 0 Å². The van der Waals surface area contributed by atoms with Crippen molar-refractivity contribution in [2.24, 2.45) is 5.41 Å². The Morgan fingerprint density at radius 1 is 1.03 bits per heavy atom. The first-order valence-corrected chi connectivity index (χ1v) is 21.9. The van der Waals surface area contributed by atoms with Gasteiger partial charge in [0.05, 0.1) is 33.0 Å². The second-order valence-corrected chi connectivity index (χ2v) is 18.6. The number of aromatic nitrogens is 4. The molecule has 27 nitrogen and oxygen atoms in total. The van der Waals surface area contributed by atoms with Gasteiger partial charge in [-0.3, -0.25) is 28.1 Å². The lowest BCUT2D eigenvalue weighted by Crippen LogP contribution is -2.46. The molecule has 0 bridgehead atoms. The fraction of sp³-hybridized carbons (Fsp3) is 0.667. The van der Waals surface area contributed by atoms with Gasteiger partial charge in [-0.25, -0.2) is 19.3 Å². The van der Waals surface area contributed by atoms with Crippen LogP contribution in [-0.2, 0) is 55.5 Å². The number of phosphoric ester groups is 3. The number of nitrogen functional groups attached to an aromatic ring is 1. The number of nitrogens with two attached hydrogens (primary N) is 1. The van der Waals surface area contributed by atoms with Gasteiger partial charge in [0.1, 0.15) is 36.3 Å². The third-order valence-corrected chi connectivity index (χ3v) is 11.7. The molecule has 1 fully saturated rings. The molecular weight excluding hydrogens is 867 g/mol. The zero-order chi connectivity index (χ0) is 43.9. The standard InChI is InChI=1S/C27H44N7O20P3S/c1-26(2,21(40)24(41)30-5-4-15(35)29-6-7-58-17(38)9-27(3,42)8-16(36)37)11-51-57(48,49)54-56(46,47)50-10-14-20(53-55(43,44)45)19(39)25(52-14)34-13-33-18-22(28)31-12-32-23(18)34/h12-14,19-21,25,39-40,42H,4-11H2,1-3H3,(H,29,35)(H,30,41)(H,36,37)(H,46,47)(H,48,49)(H2,28,31,32)(H2,43,44,45)/p-5/t14-,19-,20-,21+,25-,27+/m1/s1. The molecule has 3 heterocycles. The quantitative estimate of drug-likeness (QED) is 0.0447. The van der Waals surface area contributed by atoms with Crippen LogP contribution in [0.25, 0.3) is 11.2 Å². The second-order valence-electron chi connectivity index (χ2n) is 13.4. The third kappa shape index (κ3) is 15.2. The number of phosphoric acid groups is 3. The van der Waals surface area contributed by atoms with Crippen LogP contribution in [0.4, 0.5) is 5.82 Å². The van der Waals surface area contributed by atoms with Gasteiger partial charge in [-0.1, -0.05) is 25.6 Å². The number of carbonyl (C=O) groups is 4. The summed E-state index contributed by atoms with van der Waals surface area (Å²) in [6, 6.07) is 0. The van der Waals surface area contributed by atoms with E-state index >= 15 is 0 Å². The summed E-state index contributed by atoms with van der Waals surface area (Å²) in [5.41, 5.74) is 2.17. The normalized spacial score (nSPS) is 22.4. The molecule has 0 spiro atoms. The van der Waals surface area contributed by atoms with Crippen molar-refractivity contribution in [1.29, 1.82) is 0 Å². The molecule has 1 aliphatic heterocycles. The summed E-state index contributed by atoms with van der Waals surface area (Å²) in [4.78, 5) is 107. The van der Waals surface area contributed by atoms with E-state index in [1.165, 1.54) is 0 Å². The Morgan fingerprint density at radius 2 is 1.69 bits per heavy atom. The summed E-state index contributed by atoms with van der Waals surface area (Å²) in [7, 11) is -17.7. The van der Waals surface area contributed by atoms with Gasteiger partial charge in [-0.15, -0.1) is 0 Å². The first-order valence-electron chi connectivity index (χ1n) is 16.5. The van der Waals surface area contributed by atoms with Crippen molar-refractivity contribution in [3.05, 3.63) is 12.7 Å². The summed E-state index contributed by atoms with van der Waals surface area (Å²) >= 11 is 0.739. The van der Waals surface area contributed by atoms with E-state index < -0.39 is 114 Å². The number of carbonyl (C=O) groups excluding carboxylic acids is 4. The molecule has 8 atom stereocenters. The number of aliphatic carboxylic acids is 1. The molecule has 2 aromatic heterocycles. The maximum Gasteiger partial charge on any atom is 0.274 e. The van der Waals surface area contributed by atoms with Crippen LogP contribution in [0.15, 0.2) is 12.7 Å². The number of carboxylic acids is 1. The van der Waals surface area contributed by atoms with E-state index in [-0.39, 0.29) is 42.2 Å². The molecular formula is C27H39N7O20P3S-5. The van der Waals surface area contributed by atoms with Gasteiger partial charge in [0.25, 0.3) is 15.6 Å². The first-order chi connectivity index (χ1) is 26.6. The molecule has 0 saturated carbocycles. The largest absolute Gasteiger partial charge is 0.790 e. The molecule has 7 N–H and O–H groups in total. The molecule has 2 unspecified atom stereocenters. The topological polar surface area (TPSA) is 435 Å². The highest BCUT2D eigenvalue weighted by molar-refractivity contribution is 8.13. The van der Waals surface area contributed by atoms with Gasteiger partial charge in [-0.2, -0.15) is 0 Å². The molecule has 58 heavy (non-hydrogen) atoms. The number of fused-ring (bicyclic) bond motifs is 1. The number of nitrogens with zero attached hydrogens (tertiary/aromatic N) is 4. The van der Waals surface area contributed by atoms with E-state index in [1.807, 2.05) is 0 Å². The van der Waals surface area contributed by atoms with E-state index in [9.17, 15) is 72.9 Å². The van der Waals surface area contributed by atoms with Crippen molar-refractivity contribution < 1.29 is 95.5 Å². The Morgan fingerprint density at radius 3 is 2.33 bits per heavy atom. The van der Waals surface area contributed by atoms with Crippen LogP contribution in [0.3, 0.4) is 0 Å². The number of aliphatic hydroxyl groups is 3. The smallest absolute Gasteiger partial charge is 0.274 e. The molecule has 1 aliphatic rings. The van der Waals surface area contributed by atoms with Crippen molar-refractivity contribution >= 4 is 75.1 Å². The number of ether oxygens (including phenoxy) is 1. The minimum atomic E-state index is -5.95. The number of imidazole rings is 1. The number of hydrogen-bond acceptors (Lipinski definition) is 25. The molecule has 328 valence electrons. The lowest BCUT2D eigenvalue weighted by atomic mass is 9.87. The number of anilines is 1. The van der Waals surface area contributed by atoms with Gasteiger partial charge in [0.15, 0.2) is 22.8 Å². The maximum atomic E-state index is 12.5. The van der Waals surface area contributed by atoms with Crippen LogP contribution in [0.5, 0.6) is 0 Å². The third-order valence-electron chi connectivity index (χ3n) is 7.79. The van der Waals surface area contributed by atoms with Gasteiger partial charge in [-0.05, 0) is 6.92 Å². The number of thioether (sulfide) groups is 1. The number of carboxylic acid groups (broad SMARTS) is 1. The highest BCUT2D eigenvalue weighted by Crippen LogP contribution is 2.56. The molecule has 1 saturated heterocycles. The van der Waals surface area contributed by atoms with Gasteiger partial charge in [0, 0.05) is 49.5 Å². The monoisotopic (exact) mass is 906 g/mol. The molecule has 31 heteroatoms. The number of rotatable bonds is 23. The lowest BCUT2D eigenvalue weighted by molar-refractivity contribution is -0.347. The van der Waals surface area contributed by atoms with Crippen molar-refractivity contribution in [1.82, 2.24) is 30.2 Å². The summed E-state index contributed by atoms with van der Waals surface area (Å²) in [5, 5.41) is 46.0. The van der Waals surface area contributed by atoms with Crippen molar-refractivity contribution in [2.45, 2.75) is 76.3 Å². The highest BCUT2D eigenvalue weighted by atomic mass is 32.2. The number of nitrogens with one attached hydrogen (secondary N) is 2. The molecule has 2 amide bonds. The van der Waals surface area contributed by atoms with E-state index in [1.54, 1.807) is 0 Å². The molecule has 0 aliphatic carbocycles. The van der Waals surface area contributed by atoms with E-state index in [2.05, 4.69) is 43.5 Å². The SMILES string of the molecule is CC(C)(COP(=O)([O-])OP(=O)([O-])OC[C@H]1O[C@@H](n2cnc3c(N)ncnc32)[C@H](O)[C@@H]1OP(=O)([O-])[O-])[C@@H](O)C(=O)NCCC(=O)NCCSC(=O)C[C@@](C)(O)CC(=O)[O-]. The van der Waals surface area contributed by atoms with Crippen LogP contribution in [-0.4, -0.2) is 120 Å². The average Bonchev–Trinajstić information content (AvgIpc) is 3.63. The van der Waals surface area contributed by atoms with E-state index in [4.69, 9.17) is 10.5 Å². The van der Waals surface area contributed by atoms with E-state index in [0.717, 1.165) is 49.8 Å². The average molecular weight is 907 g/mol. The Kier molecular flexibility index (Phi) is 17.0. The Balaban J connectivity index is 1.47. The second kappa shape index (κ2) is 20.0. The molecule has 0 aromatic carbocycles. The fourth-order valence-corrected chi connectivity index (χ4v) is 8.59. The molecule has 3 rings (SSSR count). The van der Waals surface area contributed by atoms with Crippen LogP contribution >= 0.6 is 35.2 Å². The zero-order valence-electron chi connectivity index (χ0n) is 30.6. The summed E-state index contributed by atoms with van der Waals surface area (Å²) in [6.45, 7) is 0.813. The summed E-state index contributed by atoms with van der Waals surface area (Å²) in [6.07, 6.45) is -9.08. The molecule has 2 aromatic rings. The maximum absolute atomic E-state index is 12.5. The predicted molar refractivity (Wildman–Crippen MR) is 183 cm³/mol. The first kappa shape index (κ1) is 49.4. The van der Waals surface area contributed by atoms with Crippen LogP contribution < -0.4 is 41.0 Å². The number of amides is 2. The minimum Gasteiger partial charge on any atom is -0.790 e. The van der Waals surface area contributed by atoms with Gasteiger partial charge in [0.2, 0.25) is 11.8 Å². The Bertz CT molecular complexity index is 1950. The minimum absolute atomic E-state index is 0.00721. The van der Waals surface area contributed by atoms with Crippen molar-refractivity contribution in [3.8, 4) is 0 Å². The molecule has 0 radical (unpaired) electrons. The van der Waals surface area contributed by atoms with Crippen LogP contribution in [0.1, 0.15) is 46.3 Å². The zero-order valence-corrected chi connectivity index (χ0v) is 34.1. The summed E-state index contributed by atoms with van der Waals surface area (Å²) < 4.78 is 60.3. The van der Waals surface area contributed by atoms with Crippen molar-refractivity contribution in [3.63, 3.8) is 0 Å². The predicted octanol–water partition coefficient (Wildman–Crippen LogP) is -5.58. The number of hydrogen-bond donors (Lipinski definition) is 6. The lowest BCUT2D eigenvalue weighted by Gasteiger charge is -2.36.